The number of carbonyl (C=O) groups excluding carboxylic acids is 3. The number of benzene rings is 3. The quantitative estimate of drug-likeness (QED) is 0.332. The Balaban J connectivity index is 1.50. The fraction of sp³-hybridized carbons (Fsp3) is 0.364. The van der Waals surface area contributed by atoms with Gasteiger partial charge in [-0.2, -0.15) is 0 Å². The van der Waals surface area contributed by atoms with Crippen LogP contribution in [0.5, 0.6) is 17.2 Å². The summed E-state index contributed by atoms with van der Waals surface area (Å²) < 4.78 is 16.3. The lowest BCUT2D eigenvalue weighted by Gasteiger charge is -2.41. The first-order valence-electron chi connectivity index (χ1n) is 14.4. The molecule has 2 heterocycles. The topological polar surface area (TPSA) is 97.4 Å². The number of rotatable bonds is 8. The van der Waals surface area contributed by atoms with E-state index in [1.165, 1.54) is 0 Å². The number of ether oxygens (including phenoxy) is 3. The van der Waals surface area contributed by atoms with Gasteiger partial charge in [-0.1, -0.05) is 17.7 Å². The van der Waals surface area contributed by atoms with Gasteiger partial charge in [-0.15, -0.1) is 0 Å². The number of anilines is 2. The summed E-state index contributed by atoms with van der Waals surface area (Å²) in [6.07, 6.45) is 3.57. The first kappa shape index (κ1) is 30.2. The number of hydrogen-bond acceptors (Lipinski definition) is 6. The van der Waals surface area contributed by atoms with Crippen LogP contribution in [0, 0.1) is 5.92 Å². The molecule has 226 valence electrons. The number of halogens is 1. The first-order chi connectivity index (χ1) is 20.8. The molecule has 2 atom stereocenters. The van der Waals surface area contributed by atoms with Crippen molar-refractivity contribution in [1.29, 1.82) is 0 Å². The number of nitrogens with zero attached hydrogens (tertiary/aromatic N) is 2. The van der Waals surface area contributed by atoms with Gasteiger partial charge in [-0.05, 0) is 85.8 Å². The zero-order valence-electron chi connectivity index (χ0n) is 24.6. The van der Waals surface area contributed by atoms with Crippen molar-refractivity contribution in [3.8, 4) is 17.2 Å². The van der Waals surface area contributed by atoms with E-state index in [4.69, 9.17) is 25.8 Å². The number of nitrogens with one attached hydrogen (secondary N) is 1. The Labute approximate surface area is 256 Å². The summed E-state index contributed by atoms with van der Waals surface area (Å²) in [4.78, 5) is 44.2. The Morgan fingerprint density at radius 1 is 0.860 bits per heavy atom. The van der Waals surface area contributed by atoms with Gasteiger partial charge in [-0.25, -0.2) is 0 Å². The van der Waals surface area contributed by atoms with Crippen molar-refractivity contribution >= 4 is 40.7 Å². The van der Waals surface area contributed by atoms with E-state index in [9.17, 15) is 14.4 Å². The van der Waals surface area contributed by atoms with Crippen molar-refractivity contribution in [2.45, 2.75) is 38.1 Å². The third-order valence-corrected chi connectivity index (χ3v) is 8.48. The van der Waals surface area contributed by atoms with Crippen LogP contribution in [0.4, 0.5) is 11.4 Å². The molecule has 5 rings (SSSR count). The molecule has 0 aliphatic carbocycles. The second kappa shape index (κ2) is 13.4. The summed E-state index contributed by atoms with van der Waals surface area (Å²) >= 11 is 6.53. The number of hydrogen-bond donors (Lipinski definition) is 1. The van der Waals surface area contributed by atoms with Gasteiger partial charge >= 0.3 is 0 Å². The number of carbonyl (C=O) groups is 3. The van der Waals surface area contributed by atoms with Gasteiger partial charge in [0, 0.05) is 30.8 Å². The lowest BCUT2D eigenvalue weighted by atomic mass is 9.83. The first-order valence-corrected chi connectivity index (χ1v) is 14.8. The van der Waals surface area contributed by atoms with Crippen LogP contribution in [0.25, 0.3) is 0 Å². The van der Waals surface area contributed by atoms with E-state index in [0.717, 1.165) is 19.3 Å². The highest BCUT2D eigenvalue weighted by Crippen LogP contribution is 2.43. The van der Waals surface area contributed by atoms with E-state index in [2.05, 4.69) is 5.32 Å². The largest absolute Gasteiger partial charge is 0.497 e. The summed E-state index contributed by atoms with van der Waals surface area (Å²) in [7, 11) is 4.67. The van der Waals surface area contributed by atoms with Crippen LogP contribution in [0.15, 0.2) is 60.7 Å². The summed E-state index contributed by atoms with van der Waals surface area (Å²) in [5.74, 6) is 0.529. The maximum absolute atomic E-state index is 14.1. The minimum atomic E-state index is -0.661. The van der Waals surface area contributed by atoms with Crippen molar-refractivity contribution in [3.05, 3.63) is 76.8 Å². The summed E-state index contributed by atoms with van der Waals surface area (Å²) in [5.41, 5.74) is 2.17. The molecule has 3 amide bonds. The van der Waals surface area contributed by atoms with Crippen molar-refractivity contribution < 1.29 is 28.6 Å². The summed E-state index contributed by atoms with van der Waals surface area (Å²) in [6, 6.07) is 16.9. The molecule has 2 aliphatic rings. The van der Waals surface area contributed by atoms with E-state index >= 15 is 0 Å². The molecule has 3 aromatic rings. The Morgan fingerprint density at radius 3 is 2.26 bits per heavy atom. The van der Waals surface area contributed by atoms with Crippen molar-refractivity contribution in [2.75, 3.05) is 44.6 Å². The van der Waals surface area contributed by atoms with Crippen LogP contribution in [-0.4, -0.2) is 57.0 Å². The van der Waals surface area contributed by atoms with Crippen molar-refractivity contribution in [1.82, 2.24) is 4.90 Å². The maximum Gasteiger partial charge on any atom is 0.253 e. The van der Waals surface area contributed by atoms with E-state index in [-0.39, 0.29) is 24.1 Å². The molecular formula is C33H36ClN3O6. The third-order valence-electron chi connectivity index (χ3n) is 8.15. The van der Waals surface area contributed by atoms with Crippen LogP contribution < -0.4 is 24.4 Å². The molecule has 1 N–H and O–H groups in total. The van der Waals surface area contributed by atoms with Gasteiger partial charge in [0.25, 0.3) is 5.91 Å². The molecule has 0 spiro atoms. The molecule has 2 saturated heterocycles. The monoisotopic (exact) mass is 605 g/mol. The molecule has 43 heavy (non-hydrogen) atoms. The van der Waals surface area contributed by atoms with Gasteiger partial charge < -0.3 is 29.3 Å². The van der Waals surface area contributed by atoms with E-state index in [0.29, 0.717) is 64.3 Å². The smallest absolute Gasteiger partial charge is 0.253 e. The van der Waals surface area contributed by atoms with Crippen LogP contribution in [0.1, 0.15) is 54.1 Å². The van der Waals surface area contributed by atoms with Crippen LogP contribution in [0.2, 0.25) is 5.02 Å². The second-order valence-corrected chi connectivity index (χ2v) is 11.1. The normalized spacial score (nSPS) is 18.7. The number of amides is 3. The van der Waals surface area contributed by atoms with Gasteiger partial charge in [0.15, 0.2) is 11.5 Å². The van der Waals surface area contributed by atoms with Crippen molar-refractivity contribution in [3.63, 3.8) is 0 Å². The molecule has 0 saturated carbocycles. The Hall–Kier alpha value is -4.24. The fourth-order valence-corrected chi connectivity index (χ4v) is 6.06. The van der Waals surface area contributed by atoms with E-state index in [1.807, 2.05) is 11.0 Å². The Bertz CT molecular complexity index is 1490. The van der Waals surface area contributed by atoms with Gasteiger partial charge in [0.2, 0.25) is 11.8 Å². The number of likely N-dealkylation sites (tertiary alicyclic amines) is 1. The molecule has 2 aliphatic heterocycles. The average molecular weight is 606 g/mol. The van der Waals surface area contributed by atoms with E-state index < -0.39 is 12.0 Å². The highest BCUT2D eigenvalue weighted by molar-refractivity contribution is 6.34. The lowest BCUT2D eigenvalue weighted by Crippen LogP contribution is -2.47. The second-order valence-electron chi connectivity index (χ2n) is 10.7. The highest BCUT2D eigenvalue weighted by Gasteiger charge is 2.42. The van der Waals surface area contributed by atoms with Gasteiger partial charge in [0.1, 0.15) is 5.75 Å². The molecule has 2 unspecified atom stereocenters. The average Bonchev–Trinajstić information content (AvgIpc) is 3.05. The third kappa shape index (κ3) is 6.41. The molecular weight excluding hydrogens is 570 g/mol. The van der Waals surface area contributed by atoms with Crippen molar-refractivity contribution in [2.24, 2.45) is 5.92 Å². The SMILES string of the molecule is COc1ccc(N2C(=O)CCC(C(=O)Nc3cc(C(=O)N4CCCCC4)ccc3Cl)C2c2ccc(OC)c(OC)c2)cc1. The van der Waals surface area contributed by atoms with Gasteiger partial charge in [-0.3, -0.25) is 14.4 Å². The Morgan fingerprint density at radius 2 is 1.58 bits per heavy atom. The zero-order chi connectivity index (χ0) is 30.5. The maximum atomic E-state index is 14.1. The van der Waals surface area contributed by atoms with Crippen LogP contribution >= 0.6 is 11.6 Å². The molecule has 0 aromatic heterocycles. The molecule has 9 nitrogen and oxygen atoms in total. The standard InChI is InChI=1S/C33H36ClN3O6/c1-41-24-11-9-23(10-12-24)37-30(38)16-13-25(31(37)21-8-15-28(42-2)29(20-21)43-3)32(39)35-27-19-22(7-14-26(27)34)33(40)36-17-5-4-6-18-36/h7-12,14-15,19-20,25,31H,4-6,13,16-18H2,1-3H3,(H,35,39). The number of methoxy groups -OCH3 is 3. The Kier molecular flexibility index (Phi) is 9.40. The minimum Gasteiger partial charge on any atom is -0.497 e. The zero-order valence-corrected chi connectivity index (χ0v) is 25.4. The fourth-order valence-electron chi connectivity index (χ4n) is 5.89. The predicted molar refractivity (Wildman–Crippen MR) is 165 cm³/mol. The summed E-state index contributed by atoms with van der Waals surface area (Å²) in [6.45, 7) is 1.43. The molecule has 10 heteroatoms. The lowest BCUT2D eigenvalue weighted by molar-refractivity contribution is -0.126. The van der Waals surface area contributed by atoms with Gasteiger partial charge in [0.05, 0.1) is 44.0 Å². The molecule has 2 fully saturated rings. The highest BCUT2D eigenvalue weighted by atomic mass is 35.5. The van der Waals surface area contributed by atoms with Crippen LogP contribution in [-0.2, 0) is 9.59 Å². The van der Waals surface area contributed by atoms with E-state index in [1.54, 1.807) is 80.8 Å². The predicted octanol–water partition coefficient (Wildman–Crippen LogP) is 6.11. The molecule has 0 radical (unpaired) electrons. The molecule has 3 aromatic carbocycles. The van der Waals surface area contributed by atoms with Crippen LogP contribution in [0.3, 0.4) is 0 Å². The number of piperidine rings is 2. The minimum absolute atomic E-state index is 0.0796. The summed E-state index contributed by atoms with van der Waals surface area (Å²) in [5, 5.41) is 3.30. The molecule has 0 bridgehead atoms.